The highest BCUT2D eigenvalue weighted by molar-refractivity contribution is 6.00. The van der Waals surface area contributed by atoms with Crippen LogP contribution >= 0.6 is 0 Å². The van der Waals surface area contributed by atoms with Crippen molar-refractivity contribution in [2.45, 2.75) is 26.1 Å². The molecular formula is C14H18FNO3. The maximum Gasteiger partial charge on any atom is 0.164 e. The summed E-state index contributed by atoms with van der Waals surface area (Å²) in [6.07, 6.45) is -0.388. The third-order valence-electron chi connectivity index (χ3n) is 3.21. The number of hydrogen-bond acceptors (Lipinski definition) is 4. The van der Waals surface area contributed by atoms with Crippen molar-refractivity contribution >= 4 is 11.5 Å². The summed E-state index contributed by atoms with van der Waals surface area (Å²) in [7, 11) is 0. The third kappa shape index (κ3) is 2.93. The second-order valence-electron chi connectivity index (χ2n) is 4.85. The number of morpholine rings is 1. The maximum atomic E-state index is 13.8. The fourth-order valence-corrected chi connectivity index (χ4v) is 2.47. The summed E-state index contributed by atoms with van der Waals surface area (Å²) in [4.78, 5) is 13.5. The molecule has 0 radical (unpaired) electrons. The number of anilines is 1. The number of benzene rings is 1. The summed E-state index contributed by atoms with van der Waals surface area (Å²) in [6, 6.07) is 4.60. The maximum absolute atomic E-state index is 13.8. The van der Waals surface area contributed by atoms with Crippen LogP contribution in [0.25, 0.3) is 0 Å². The van der Waals surface area contributed by atoms with Gasteiger partial charge in [-0.05, 0) is 26.0 Å². The summed E-state index contributed by atoms with van der Waals surface area (Å²) in [6.45, 7) is 4.17. The molecule has 0 aliphatic carbocycles. The number of nitrogens with zero attached hydrogens (tertiary/aromatic N) is 1. The van der Waals surface area contributed by atoms with Gasteiger partial charge in [-0.15, -0.1) is 0 Å². The molecule has 0 saturated carbocycles. The van der Waals surface area contributed by atoms with Crippen molar-refractivity contribution in [1.82, 2.24) is 0 Å². The first-order valence-electron chi connectivity index (χ1n) is 6.33. The largest absolute Gasteiger partial charge is 0.394 e. The van der Waals surface area contributed by atoms with Crippen LogP contribution < -0.4 is 4.90 Å². The number of aliphatic hydroxyl groups is 1. The Kier molecular flexibility index (Phi) is 4.17. The molecule has 1 aliphatic rings. The fourth-order valence-electron chi connectivity index (χ4n) is 2.47. The SMILES string of the molecule is CC(=O)c1c(F)cccc1N1CC(C)OC(CO)C1. The molecule has 1 aromatic rings. The van der Waals surface area contributed by atoms with Gasteiger partial charge in [-0.3, -0.25) is 4.79 Å². The predicted molar refractivity (Wildman–Crippen MR) is 70.0 cm³/mol. The highest BCUT2D eigenvalue weighted by Gasteiger charge is 2.27. The zero-order chi connectivity index (χ0) is 14.0. The van der Waals surface area contributed by atoms with Gasteiger partial charge in [0, 0.05) is 13.1 Å². The van der Waals surface area contributed by atoms with Crippen LogP contribution in [0.3, 0.4) is 0 Å². The first-order chi connectivity index (χ1) is 9.02. The molecule has 0 spiro atoms. The fraction of sp³-hybridized carbons (Fsp3) is 0.500. The van der Waals surface area contributed by atoms with Crippen molar-refractivity contribution in [3.63, 3.8) is 0 Å². The molecule has 5 heteroatoms. The van der Waals surface area contributed by atoms with E-state index in [0.29, 0.717) is 18.8 Å². The minimum Gasteiger partial charge on any atom is -0.394 e. The van der Waals surface area contributed by atoms with Crippen LogP contribution in [0.5, 0.6) is 0 Å². The van der Waals surface area contributed by atoms with E-state index in [-0.39, 0.29) is 30.2 Å². The lowest BCUT2D eigenvalue weighted by Gasteiger charge is -2.38. The first kappa shape index (κ1) is 14.0. The molecule has 1 aromatic carbocycles. The Morgan fingerprint density at radius 3 is 2.89 bits per heavy atom. The molecule has 0 aromatic heterocycles. The van der Waals surface area contributed by atoms with Crippen LogP contribution in [-0.4, -0.2) is 42.8 Å². The van der Waals surface area contributed by atoms with E-state index in [1.54, 1.807) is 12.1 Å². The third-order valence-corrected chi connectivity index (χ3v) is 3.21. The molecule has 2 rings (SSSR count). The van der Waals surface area contributed by atoms with Gasteiger partial charge >= 0.3 is 0 Å². The molecule has 1 fully saturated rings. The quantitative estimate of drug-likeness (QED) is 0.845. The molecule has 4 nitrogen and oxygen atoms in total. The van der Waals surface area contributed by atoms with E-state index in [0.717, 1.165) is 0 Å². The number of ether oxygens (including phenoxy) is 1. The zero-order valence-corrected chi connectivity index (χ0v) is 11.1. The smallest absolute Gasteiger partial charge is 0.164 e. The highest BCUT2D eigenvalue weighted by atomic mass is 19.1. The lowest BCUT2D eigenvalue weighted by Crippen LogP contribution is -2.48. The number of carbonyl (C=O) groups is 1. The van der Waals surface area contributed by atoms with Gasteiger partial charge < -0.3 is 14.7 Å². The molecule has 2 atom stereocenters. The number of hydrogen-bond donors (Lipinski definition) is 1. The van der Waals surface area contributed by atoms with Crippen LogP contribution in [-0.2, 0) is 4.74 Å². The van der Waals surface area contributed by atoms with Gasteiger partial charge in [-0.1, -0.05) is 6.07 Å². The Bertz CT molecular complexity index is 478. The number of carbonyl (C=O) groups excluding carboxylic acids is 1. The first-order valence-corrected chi connectivity index (χ1v) is 6.33. The van der Waals surface area contributed by atoms with E-state index < -0.39 is 5.82 Å². The van der Waals surface area contributed by atoms with Gasteiger partial charge in [0.1, 0.15) is 5.82 Å². The predicted octanol–water partition coefficient (Wildman–Crippen LogP) is 1.61. The molecule has 1 saturated heterocycles. The number of ketones is 1. The monoisotopic (exact) mass is 267 g/mol. The zero-order valence-electron chi connectivity index (χ0n) is 11.1. The van der Waals surface area contributed by atoms with Crippen molar-refractivity contribution in [1.29, 1.82) is 0 Å². The van der Waals surface area contributed by atoms with E-state index in [1.165, 1.54) is 13.0 Å². The van der Waals surface area contributed by atoms with Crippen LogP contribution in [0, 0.1) is 5.82 Å². The molecule has 0 amide bonds. The Morgan fingerprint density at radius 1 is 1.53 bits per heavy atom. The standard InChI is InChI=1S/C14H18FNO3/c1-9-6-16(7-11(8-17)19-9)13-5-3-4-12(15)14(13)10(2)18/h3-5,9,11,17H,6-8H2,1-2H3. The van der Waals surface area contributed by atoms with Crippen molar-refractivity contribution < 1.29 is 19.0 Å². The van der Waals surface area contributed by atoms with Gasteiger partial charge in [0.05, 0.1) is 30.1 Å². The summed E-state index contributed by atoms with van der Waals surface area (Å²) >= 11 is 0. The molecule has 1 N–H and O–H groups in total. The van der Waals surface area contributed by atoms with E-state index >= 15 is 0 Å². The van der Waals surface area contributed by atoms with Gasteiger partial charge in [-0.2, -0.15) is 0 Å². The van der Waals surface area contributed by atoms with Crippen molar-refractivity contribution in [3.8, 4) is 0 Å². The summed E-state index contributed by atoms with van der Waals surface area (Å²) < 4.78 is 19.4. The molecule has 0 bridgehead atoms. The summed E-state index contributed by atoms with van der Waals surface area (Å²) in [5, 5.41) is 9.21. The van der Waals surface area contributed by atoms with Gasteiger partial charge in [-0.25, -0.2) is 4.39 Å². The average Bonchev–Trinajstić information content (AvgIpc) is 2.37. The average molecular weight is 267 g/mol. The van der Waals surface area contributed by atoms with E-state index in [4.69, 9.17) is 4.74 Å². The second-order valence-corrected chi connectivity index (χ2v) is 4.85. The Balaban J connectivity index is 2.35. The Hall–Kier alpha value is -1.46. The van der Waals surface area contributed by atoms with Crippen molar-refractivity contribution in [3.05, 3.63) is 29.6 Å². The number of aliphatic hydroxyl groups excluding tert-OH is 1. The molecule has 19 heavy (non-hydrogen) atoms. The summed E-state index contributed by atoms with van der Waals surface area (Å²) in [5.41, 5.74) is 0.675. The van der Waals surface area contributed by atoms with E-state index in [9.17, 15) is 14.3 Å². The van der Waals surface area contributed by atoms with Crippen LogP contribution in [0.1, 0.15) is 24.2 Å². The molecule has 2 unspecified atom stereocenters. The molecule has 1 aliphatic heterocycles. The van der Waals surface area contributed by atoms with Crippen LogP contribution in [0.2, 0.25) is 0 Å². The van der Waals surface area contributed by atoms with E-state index in [2.05, 4.69) is 0 Å². The van der Waals surface area contributed by atoms with Crippen molar-refractivity contribution in [2.24, 2.45) is 0 Å². The van der Waals surface area contributed by atoms with Crippen LogP contribution in [0.15, 0.2) is 18.2 Å². The molecule has 104 valence electrons. The van der Waals surface area contributed by atoms with Gasteiger partial charge in [0.2, 0.25) is 0 Å². The minimum atomic E-state index is -0.510. The molecular weight excluding hydrogens is 249 g/mol. The van der Waals surface area contributed by atoms with E-state index in [1.807, 2.05) is 11.8 Å². The lowest BCUT2D eigenvalue weighted by molar-refractivity contribution is -0.0421. The van der Waals surface area contributed by atoms with Gasteiger partial charge in [0.25, 0.3) is 0 Å². The number of Topliss-reactive ketones (excluding diaryl/α,β-unsaturated/α-hetero) is 1. The Morgan fingerprint density at radius 2 is 2.26 bits per heavy atom. The summed E-state index contributed by atoms with van der Waals surface area (Å²) in [5.74, 6) is -0.808. The lowest BCUT2D eigenvalue weighted by atomic mass is 10.1. The number of halogens is 1. The number of rotatable bonds is 3. The molecule has 1 heterocycles. The van der Waals surface area contributed by atoms with Crippen molar-refractivity contribution in [2.75, 3.05) is 24.6 Å². The minimum absolute atomic E-state index is 0.0750. The van der Waals surface area contributed by atoms with Gasteiger partial charge in [0.15, 0.2) is 5.78 Å². The highest BCUT2D eigenvalue weighted by Crippen LogP contribution is 2.26. The normalized spacial score (nSPS) is 23.5. The Labute approximate surface area is 111 Å². The topological polar surface area (TPSA) is 49.8 Å². The second kappa shape index (κ2) is 5.67. The van der Waals surface area contributed by atoms with Crippen LogP contribution in [0.4, 0.5) is 10.1 Å².